The van der Waals surface area contributed by atoms with Crippen molar-refractivity contribution in [2.45, 2.75) is 46.8 Å². The van der Waals surface area contributed by atoms with Gasteiger partial charge in [-0.3, -0.25) is 4.79 Å². The van der Waals surface area contributed by atoms with E-state index in [1.165, 1.54) is 12.1 Å². The lowest BCUT2D eigenvalue weighted by Gasteiger charge is -2.17. The molecule has 0 saturated heterocycles. The standard InChI is InChI=1S/C16H22O5/c1-6-19-16(18)15(17)12-7-8-13(20-10(2)3)14(9-12)21-11(4)5/h7-11H,6H2,1-5H3. The minimum Gasteiger partial charge on any atom is -0.487 e. The lowest BCUT2D eigenvalue weighted by molar-refractivity contribution is -0.137. The van der Waals surface area contributed by atoms with Gasteiger partial charge in [0.15, 0.2) is 11.5 Å². The molecule has 0 amide bonds. The smallest absolute Gasteiger partial charge is 0.379 e. The molecule has 0 spiro atoms. The van der Waals surface area contributed by atoms with Gasteiger partial charge < -0.3 is 14.2 Å². The molecule has 0 N–H and O–H groups in total. The highest BCUT2D eigenvalue weighted by atomic mass is 16.5. The Labute approximate surface area is 125 Å². The summed E-state index contributed by atoms with van der Waals surface area (Å²) in [4.78, 5) is 23.4. The molecule has 0 heterocycles. The average molecular weight is 294 g/mol. The van der Waals surface area contributed by atoms with E-state index in [0.29, 0.717) is 11.5 Å². The first kappa shape index (κ1) is 17.0. The Morgan fingerprint density at radius 3 is 2.10 bits per heavy atom. The third-order valence-electron chi connectivity index (χ3n) is 2.39. The van der Waals surface area contributed by atoms with Crippen LogP contribution in [0.25, 0.3) is 0 Å². The summed E-state index contributed by atoms with van der Waals surface area (Å²) in [6, 6.07) is 4.67. The van der Waals surface area contributed by atoms with Crippen LogP contribution in [0.15, 0.2) is 18.2 Å². The van der Waals surface area contributed by atoms with Gasteiger partial charge >= 0.3 is 5.97 Å². The van der Waals surface area contributed by atoms with Crippen molar-refractivity contribution in [3.8, 4) is 11.5 Å². The summed E-state index contributed by atoms with van der Waals surface area (Å²) in [5.74, 6) is -0.583. The van der Waals surface area contributed by atoms with E-state index in [1.807, 2.05) is 27.7 Å². The first-order valence-corrected chi connectivity index (χ1v) is 7.04. The lowest BCUT2D eigenvalue weighted by Crippen LogP contribution is -2.18. The number of carbonyl (C=O) groups excluding carboxylic acids is 2. The predicted molar refractivity (Wildman–Crippen MR) is 78.9 cm³/mol. The highest BCUT2D eigenvalue weighted by Gasteiger charge is 2.20. The van der Waals surface area contributed by atoms with Gasteiger partial charge in [-0.05, 0) is 52.8 Å². The van der Waals surface area contributed by atoms with Crippen molar-refractivity contribution in [1.29, 1.82) is 0 Å². The minimum atomic E-state index is -0.870. The van der Waals surface area contributed by atoms with Crippen LogP contribution < -0.4 is 9.47 Å². The van der Waals surface area contributed by atoms with Gasteiger partial charge in [-0.25, -0.2) is 4.79 Å². The predicted octanol–water partition coefficient (Wildman–Crippen LogP) is 3.01. The van der Waals surface area contributed by atoms with Gasteiger partial charge in [0.05, 0.1) is 18.8 Å². The number of ketones is 1. The van der Waals surface area contributed by atoms with Gasteiger partial charge in [-0.1, -0.05) is 0 Å². The van der Waals surface area contributed by atoms with E-state index >= 15 is 0 Å². The maximum atomic E-state index is 11.9. The van der Waals surface area contributed by atoms with Crippen LogP contribution in [-0.2, 0) is 9.53 Å². The molecule has 21 heavy (non-hydrogen) atoms. The summed E-state index contributed by atoms with van der Waals surface area (Å²) in [6.45, 7) is 9.36. The normalized spacial score (nSPS) is 10.6. The van der Waals surface area contributed by atoms with Crippen molar-refractivity contribution >= 4 is 11.8 Å². The fraction of sp³-hybridized carbons (Fsp3) is 0.500. The molecule has 5 nitrogen and oxygen atoms in total. The molecule has 0 aliphatic rings. The Kier molecular flexibility index (Phi) is 6.21. The fourth-order valence-electron chi connectivity index (χ4n) is 1.66. The molecule has 0 aliphatic heterocycles. The first-order valence-electron chi connectivity index (χ1n) is 7.04. The van der Waals surface area contributed by atoms with Gasteiger partial charge in [0.25, 0.3) is 5.78 Å². The average Bonchev–Trinajstić information content (AvgIpc) is 2.39. The van der Waals surface area contributed by atoms with Crippen LogP contribution >= 0.6 is 0 Å². The van der Waals surface area contributed by atoms with Crippen LogP contribution in [0.5, 0.6) is 11.5 Å². The van der Waals surface area contributed by atoms with Crippen molar-refractivity contribution in [3.05, 3.63) is 23.8 Å². The Morgan fingerprint density at radius 2 is 1.57 bits per heavy atom. The van der Waals surface area contributed by atoms with Gasteiger partial charge in [0.2, 0.25) is 0 Å². The number of ether oxygens (including phenoxy) is 3. The van der Waals surface area contributed by atoms with Crippen molar-refractivity contribution in [2.24, 2.45) is 0 Å². The van der Waals surface area contributed by atoms with E-state index in [4.69, 9.17) is 14.2 Å². The zero-order chi connectivity index (χ0) is 16.0. The van der Waals surface area contributed by atoms with Crippen molar-refractivity contribution < 1.29 is 23.8 Å². The van der Waals surface area contributed by atoms with Crippen LogP contribution in [0.2, 0.25) is 0 Å². The van der Waals surface area contributed by atoms with Gasteiger partial charge in [0.1, 0.15) is 0 Å². The van der Waals surface area contributed by atoms with Crippen LogP contribution in [0.4, 0.5) is 0 Å². The zero-order valence-electron chi connectivity index (χ0n) is 13.1. The highest BCUT2D eigenvalue weighted by molar-refractivity contribution is 6.40. The second kappa shape index (κ2) is 7.67. The molecule has 0 aliphatic carbocycles. The molecular formula is C16H22O5. The second-order valence-electron chi connectivity index (χ2n) is 5.04. The molecule has 1 aromatic carbocycles. The van der Waals surface area contributed by atoms with E-state index in [9.17, 15) is 9.59 Å². The third-order valence-corrected chi connectivity index (χ3v) is 2.39. The highest BCUT2D eigenvalue weighted by Crippen LogP contribution is 2.30. The molecule has 0 aromatic heterocycles. The van der Waals surface area contributed by atoms with E-state index in [2.05, 4.69) is 0 Å². The maximum absolute atomic E-state index is 11.9. The van der Waals surface area contributed by atoms with Crippen LogP contribution in [-0.4, -0.2) is 30.6 Å². The topological polar surface area (TPSA) is 61.8 Å². The van der Waals surface area contributed by atoms with Crippen molar-refractivity contribution in [2.75, 3.05) is 6.61 Å². The third kappa shape index (κ3) is 5.10. The zero-order valence-corrected chi connectivity index (χ0v) is 13.1. The van der Waals surface area contributed by atoms with Crippen molar-refractivity contribution in [1.82, 2.24) is 0 Å². The van der Waals surface area contributed by atoms with E-state index in [0.717, 1.165) is 0 Å². The number of rotatable bonds is 7. The number of hydrogen-bond donors (Lipinski definition) is 0. The molecule has 0 bridgehead atoms. The summed E-state index contributed by atoms with van der Waals surface area (Å²) in [7, 11) is 0. The molecule has 1 rings (SSSR count). The minimum absolute atomic E-state index is 0.0221. The van der Waals surface area contributed by atoms with Crippen LogP contribution in [0.1, 0.15) is 45.0 Å². The Balaban J connectivity index is 3.08. The maximum Gasteiger partial charge on any atom is 0.379 e. The van der Waals surface area contributed by atoms with Gasteiger partial charge in [0, 0.05) is 5.56 Å². The summed E-state index contributed by atoms with van der Waals surface area (Å²) in [5.41, 5.74) is 0.222. The molecule has 0 atom stereocenters. The summed E-state index contributed by atoms with van der Waals surface area (Å²) < 4.78 is 16.0. The molecule has 116 valence electrons. The quantitative estimate of drug-likeness (QED) is 0.439. The van der Waals surface area contributed by atoms with E-state index < -0.39 is 11.8 Å². The van der Waals surface area contributed by atoms with Crippen molar-refractivity contribution in [3.63, 3.8) is 0 Å². The monoisotopic (exact) mass is 294 g/mol. The Bertz CT molecular complexity index is 505. The number of carbonyl (C=O) groups is 2. The molecular weight excluding hydrogens is 272 g/mol. The lowest BCUT2D eigenvalue weighted by atomic mass is 10.1. The Hall–Kier alpha value is -2.04. The molecule has 5 heteroatoms. The number of esters is 1. The van der Waals surface area contributed by atoms with E-state index in [-0.39, 0.29) is 24.4 Å². The number of benzene rings is 1. The van der Waals surface area contributed by atoms with Gasteiger partial charge in [-0.15, -0.1) is 0 Å². The summed E-state index contributed by atoms with van der Waals surface area (Å²) in [6.07, 6.45) is -0.0985. The summed E-state index contributed by atoms with van der Waals surface area (Å²) in [5, 5.41) is 0. The number of hydrogen-bond acceptors (Lipinski definition) is 5. The largest absolute Gasteiger partial charge is 0.487 e. The number of Topliss-reactive ketones (excluding diaryl/α,β-unsaturated/α-hetero) is 1. The second-order valence-corrected chi connectivity index (χ2v) is 5.04. The SMILES string of the molecule is CCOC(=O)C(=O)c1ccc(OC(C)C)c(OC(C)C)c1. The Morgan fingerprint density at radius 1 is 1.00 bits per heavy atom. The van der Waals surface area contributed by atoms with Crippen LogP contribution in [0.3, 0.4) is 0 Å². The molecule has 0 radical (unpaired) electrons. The van der Waals surface area contributed by atoms with Crippen LogP contribution in [0, 0.1) is 0 Å². The molecule has 0 unspecified atom stereocenters. The molecule has 1 aromatic rings. The van der Waals surface area contributed by atoms with Gasteiger partial charge in [-0.2, -0.15) is 0 Å². The first-order chi connectivity index (χ1) is 9.85. The molecule has 0 fully saturated rings. The fourth-order valence-corrected chi connectivity index (χ4v) is 1.66. The van der Waals surface area contributed by atoms with E-state index in [1.54, 1.807) is 13.0 Å². The summed E-state index contributed by atoms with van der Waals surface area (Å²) >= 11 is 0. The molecule has 0 saturated carbocycles.